The van der Waals surface area contributed by atoms with Gasteiger partial charge in [0.1, 0.15) is 0 Å². The van der Waals surface area contributed by atoms with Gasteiger partial charge in [0.25, 0.3) is 5.78 Å². The van der Waals surface area contributed by atoms with E-state index in [2.05, 4.69) is 15.1 Å². The molecule has 4 heteroatoms. The van der Waals surface area contributed by atoms with Crippen LogP contribution in [0.1, 0.15) is 11.4 Å². The molecule has 0 aromatic carbocycles. The second-order valence-corrected chi connectivity index (χ2v) is 2.51. The number of hydrogen-bond acceptors (Lipinski definition) is 3. The van der Waals surface area contributed by atoms with Crippen molar-refractivity contribution in [1.82, 2.24) is 19.6 Å². The summed E-state index contributed by atoms with van der Waals surface area (Å²) in [5.74, 6) is 0.669. The number of aromatic nitrogens is 4. The Morgan fingerprint density at radius 2 is 2.09 bits per heavy atom. The minimum Gasteiger partial charge on any atom is -0.218 e. The van der Waals surface area contributed by atoms with Crippen LogP contribution in [0.15, 0.2) is 12.4 Å². The van der Waals surface area contributed by atoms with Crippen LogP contribution < -0.4 is 0 Å². The Balaban J connectivity index is 2.86. The molecule has 0 radical (unpaired) electrons. The molecule has 56 valence electrons. The predicted octanol–water partition coefficient (Wildman–Crippen LogP) is 0.741. The van der Waals surface area contributed by atoms with Crippen molar-refractivity contribution in [3.63, 3.8) is 0 Å². The van der Waals surface area contributed by atoms with Gasteiger partial charge < -0.3 is 0 Å². The number of fused-ring (bicyclic) bond motifs is 1. The molecular weight excluding hydrogens is 140 g/mol. The summed E-state index contributed by atoms with van der Waals surface area (Å²) in [7, 11) is 0. The van der Waals surface area contributed by atoms with E-state index in [-0.39, 0.29) is 0 Å². The average molecular weight is 148 g/mol. The fourth-order valence-corrected chi connectivity index (χ4v) is 0.965. The first-order valence-electron chi connectivity index (χ1n) is 3.41. The van der Waals surface area contributed by atoms with Crippen LogP contribution in [-0.2, 0) is 0 Å². The van der Waals surface area contributed by atoms with Gasteiger partial charge in [-0.25, -0.2) is 14.5 Å². The van der Waals surface area contributed by atoms with Gasteiger partial charge in [0, 0.05) is 0 Å². The maximum atomic E-state index is 4.19. The summed E-state index contributed by atoms with van der Waals surface area (Å²) >= 11 is 0. The summed E-state index contributed by atoms with van der Waals surface area (Å²) in [6, 6.07) is 0. The average Bonchev–Trinajstić information content (AvgIpc) is 2.32. The third kappa shape index (κ3) is 0.869. The zero-order chi connectivity index (χ0) is 7.84. The third-order valence-electron chi connectivity index (χ3n) is 1.53. The maximum Gasteiger partial charge on any atom is 0.251 e. The fourth-order valence-electron chi connectivity index (χ4n) is 0.965. The van der Waals surface area contributed by atoms with Gasteiger partial charge in [0.2, 0.25) is 0 Å². The SMILES string of the molecule is Cc1cnn2c(C)cnc2n1. The van der Waals surface area contributed by atoms with Gasteiger partial charge >= 0.3 is 0 Å². The Morgan fingerprint density at radius 3 is 2.91 bits per heavy atom. The van der Waals surface area contributed by atoms with E-state index in [4.69, 9.17) is 0 Å². The van der Waals surface area contributed by atoms with Crippen molar-refractivity contribution in [3.05, 3.63) is 23.8 Å². The Morgan fingerprint density at radius 1 is 1.27 bits per heavy atom. The first-order valence-corrected chi connectivity index (χ1v) is 3.41. The minimum atomic E-state index is 0.669. The van der Waals surface area contributed by atoms with Crippen molar-refractivity contribution in [2.75, 3.05) is 0 Å². The van der Waals surface area contributed by atoms with E-state index in [0.29, 0.717) is 5.78 Å². The van der Waals surface area contributed by atoms with Crippen LogP contribution in [0.25, 0.3) is 5.78 Å². The summed E-state index contributed by atoms with van der Waals surface area (Å²) in [6.45, 7) is 3.85. The topological polar surface area (TPSA) is 43.1 Å². The van der Waals surface area contributed by atoms with Crippen LogP contribution in [0, 0.1) is 13.8 Å². The smallest absolute Gasteiger partial charge is 0.218 e. The standard InChI is InChI=1S/C7H8N4/c1-5-3-9-11-6(2)4-8-7(11)10-5/h3-4H,1-2H3. The van der Waals surface area contributed by atoms with Gasteiger partial charge in [-0.15, -0.1) is 0 Å². The molecule has 0 atom stereocenters. The Kier molecular flexibility index (Phi) is 1.15. The van der Waals surface area contributed by atoms with Gasteiger partial charge in [-0.3, -0.25) is 0 Å². The lowest BCUT2D eigenvalue weighted by Crippen LogP contribution is -1.96. The van der Waals surface area contributed by atoms with Crippen LogP contribution >= 0.6 is 0 Å². The lowest BCUT2D eigenvalue weighted by molar-refractivity contribution is 0.858. The summed E-state index contributed by atoms with van der Waals surface area (Å²) in [4.78, 5) is 8.25. The van der Waals surface area contributed by atoms with E-state index in [0.717, 1.165) is 11.4 Å². The molecule has 2 heterocycles. The number of rotatable bonds is 0. The van der Waals surface area contributed by atoms with E-state index in [1.807, 2.05) is 13.8 Å². The quantitative estimate of drug-likeness (QED) is 0.553. The highest BCUT2D eigenvalue weighted by Crippen LogP contribution is 1.99. The molecular formula is C7H8N4. The zero-order valence-electron chi connectivity index (χ0n) is 6.44. The van der Waals surface area contributed by atoms with E-state index in [9.17, 15) is 0 Å². The highest BCUT2D eigenvalue weighted by atomic mass is 15.3. The Hall–Kier alpha value is -1.45. The number of nitrogens with zero attached hydrogens (tertiary/aromatic N) is 4. The molecule has 0 fully saturated rings. The van der Waals surface area contributed by atoms with Gasteiger partial charge in [0.15, 0.2) is 0 Å². The van der Waals surface area contributed by atoms with Crippen molar-refractivity contribution >= 4 is 5.78 Å². The lowest BCUT2D eigenvalue weighted by atomic mass is 10.5. The number of aryl methyl sites for hydroxylation is 2. The summed E-state index contributed by atoms with van der Waals surface area (Å²) in [6.07, 6.45) is 3.48. The van der Waals surface area contributed by atoms with Crippen LogP contribution in [0.3, 0.4) is 0 Å². The van der Waals surface area contributed by atoms with E-state index >= 15 is 0 Å². The molecule has 4 nitrogen and oxygen atoms in total. The molecule has 0 N–H and O–H groups in total. The molecule has 0 bridgehead atoms. The summed E-state index contributed by atoms with van der Waals surface area (Å²) in [5, 5.41) is 4.13. The molecule has 0 spiro atoms. The van der Waals surface area contributed by atoms with E-state index < -0.39 is 0 Å². The van der Waals surface area contributed by atoms with Crippen molar-refractivity contribution < 1.29 is 0 Å². The summed E-state index contributed by atoms with van der Waals surface area (Å²) in [5.41, 5.74) is 1.90. The maximum absolute atomic E-state index is 4.19. The molecule has 0 amide bonds. The zero-order valence-corrected chi connectivity index (χ0v) is 6.44. The van der Waals surface area contributed by atoms with Crippen LogP contribution in [0.5, 0.6) is 0 Å². The summed E-state index contributed by atoms with van der Waals surface area (Å²) < 4.78 is 1.72. The first kappa shape index (κ1) is 6.27. The second-order valence-electron chi connectivity index (χ2n) is 2.51. The molecule has 0 saturated carbocycles. The molecule has 0 unspecified atom stereocenters. The van der Waals surface area contributed by atoms with E-state index in [1.54, 1.807) is 16.9 Å². The molecule has 2 aromatic heterocycles. The van der Waals surface area contributed by atoms with Gasteiger partial charge in [-0.05, 0) is 13.8 Å². The monoisotopic (exact) mass is 148 g/mol. The molecule has 0 aliphatic heterocycles. The van der Waals surface area contributed by atoms with Crippen molar-refractivity contribution in [3.8, 4) is 0 Å². The van der Waals surface area contributed by atoms with Gasteiger partial charge in [-0.2, -0.15) is 5.10 Å². The highest BCUT2D eigenvalue weighted by Gasteiger charge is 1.99. The largest absolute Gasteiger partial charge is 0.251 e. The molecule has 0 aliphatic rings. The molecule has 2 aromatic rings. The molecule has 0 saturated heterocycles. The minimum absolute atomic E-state index is 0.669. The van der Waals surface area contributed by atoms with Crippen LogP contribution in [0.4, 0.5) is 0 Å². The highest BCUT2D eigenvalue weighted by molar-refractivity contribution is 5.28. The van der Waals surface area contributed by atoms with Crippen molar-refractivity contribution in [2.45, 2.75) is 13.8 Å². The number of hydrogen-bond donors (Lipinski definition) is 0. The normalized spacial score (nSPS) is 10.7. The fraction of sp³-hybridized carbons (Fsp3) is 0.286. The predicted molar refractivity (Wildman–Crippen MR) is 40.3 cm³/mol. The van der Waals surface area contributed by atoms with Crippen molar-refractivity contribution in [2.24, 2.45) is 0 Å². The van der Waals surface area contributed by atoms with Crippen LogP contribution in [-0.4, -0.2) is 19.6 Å². The van der Waals surface area contributed by atoms with Crippen LogP contribution in [0.2, 0.25) is 0 Å². The number of imidazole rings is 1. The van der Waals surface area contributed by atoms with Gasteiger partial charge in [0.05, 0.1) is 23.8 Å². The first-order chi connectivity index (χ1) is 5.27. The Bertz CT molecular complexity index is 390. The second kappa shape index (κ2) is 2.02. The lowest BCUT2D eigenvalue weighted by Gasteiger charge is -1.93. The molecule has 0 aliphatic carbocycles. The molecule has 2 rings (SSSR count). The Labute approximate surface area is 63.9 Å². The van der Waals surface area contributed by atoms with E-state index in [1.165, 1.54) is 0 Å². The van der Waals surface area contributed by atoms with Crippen molar-refractivity contribution in [1.29, 1.82) is 0 Å². The molecule has 11 heavy (non-hydrogen) atoms. The third-order valence-corrected chi connectivity index (χ3v) is 1.53. The van der Waals surface area contributed by atoms with Gasteiger partial charge in [-0.1, -0.05) is 0 Å².